The van der Waals surface area contributed by atoms with Crippen molar-refractivity contribution in [3.05, 3.63) is 92.4 Å². The first-order valence-corrected chi connectivity index (χ1v) is 15.4. The molecule has 3 heterocycles. The molecule has 1 saturated heterocycles. The van der Waals surface area contributed by atoms with Crippen LogP contribution in [-0.4, -0.2) is 48.9 Å². The minimum atomic E-state index is -0.806. The highest BCUT2D eigenvalue weighted by molar-refractivity contribution is 8.00. The normalized spacial score (nSPS) is 18.9. The van der Waals surface area contributed by atoms with Crippen LogP contribution in [0.15, 0.2) is 76.6 Å². The van der Waals surface area contributed by atoms with E-state index in [9.17, 15) is 19.2 Å². The minimum Gasteiger partial charge on any atom is -0.497 e. The number of nitrogens with zero attached hydrogens (tertiary/aromatic N) is 2. The van der Waals surface area contributed by atoms with Crippen LogP contribution in [0.2, 0.25) is 0 Å². The van der Waals surface area contributed by atoms with E-state index in [0.717, 1.165) is 16.9 Å². The maximum atomic E-state index is 14.1. The second kappa shape index (κ2) is 11.9. The fraction of sp³-hybridized carbons (Fsp3) is 0.250. The zero-order valence-corrected chi connectivity index (χ0v) is 26.0. The summed E-state index contributed by atoms with van der Waals surface area (Å²) in [6.07, 6.45) is 0. The van der Waals surface area contributed by atoms with Crippen molar-refractivity contribution in [1.82, 2.24) is 4.57 Å². The number of rotatable bonds is 8. The Kier molecular flexibility index (Phi) is 7.95. The molecule has 0 bridgehead atoms. The first kappa shape index (κ1) is 29.5. The van der Waals surface area contributed by atoms with Crippen LogP contribution in [0.4, 0.5) is 11.4 Å². The second-order valence-electron chi connectivity index (χ2n) is 10.4. The van der Waals surface area contributed by atoms with Gasteiger partial charge in [-0.1, -0.05) is 46.9 Å². The number of aromatic nitrogens is 1. The van der Waals surface area contributed by atoms with Crippen LogP contribution in [0.5, 0.6) is 17.2 Å². The van der Waals surface area contributed by atoms with Gasteiger partial charge < -0.3 is 19.5 Å². The molecule has 1 aromatic heterocycles. The second-order valence-corrected chi connectivity index (χ2v) is 12.5. The number of hydrogen-bond acceptors (Lipinski definition) is 9. The number of nitrogens with one attached hydrogen (secondary N) is 1. The number of amides is 3. The Morgan fingerprint density at radius 3 is 2.23 bits per heavy atom. The van der Waals surface area contributed by atoms with Crippen molar-refractivity contribution in [2.24, 2.45) is 5.92 Å². The molecule has 1 fully saturated rings. The third kappa shape index (κ3) is 5.13. The van der Waals surface area contributed by atoms with E-state index in [2.05, 4.69) is 5.32 Å². The lowest BCUT2D eigenvalue weighted by Crippen LogP contribution is -2.33. The van der Waals surface area contributed by atoms with E-state index in [1.807, 2.05) is 25.1 Å². The molecule has 0 saturated carbocycles. The number of carbonyl (C=O) groups excluding carboxylic acids is 3. The summed E-state index contributed by atoms with van der Waals surface area (Å²) in [7, 11) is 4.61. The fourth-order valence-corrected chi connectivity index (χ4v) is 8.40. The summed E-state index contributed by atoms with van der Waals surface area (Å²) in [5.41, 5.74) is 2.74. The van der Waals surface area contributed by atoms with Crippen LogP contribution in [-0.2, 0) is 20.9 Å². The maximum Gasteiger partial charge on any atom is 0.308 e. The number of imide groups is 1. The number of ether oxygens (including phenoxy) is 3. The summed E-state index contributed by atoms with van der Waals surface area (Å²) < 4.78 is 17.5. The molecular formula is C32H29N3O7S2. The van der Waals surface area contributed by atoms with Crippen LogP contribution in [0, 0.1) is 12.8 Å². The molecule has 44 heavy (non-hydrogen) atoms. The molecule has 2 aliphatic heterocycles. The topological polar surface area (TPSA) is 116 Å². The Hall–Kier alpha value is -4.55. The standard InChI is InChI=1S/C32H29N3O7S2/c1-17-5-10-20(11-6-17)35-29(37)26-25(18-7-14-22(41-3)23(15-18)42-4)28-31(43-27(26)30(35)38)34(32(39)44-28)16-24(36)33-19-8-12-21(40-2)13-9-19/h5-15,25-27H,16H2,1-4H3,(H,33,36)/t25-,26-,27+/m0/s1. The number of hydrogen-bond donors (Lipinski definition) is 1. The van der Waals surface area contributed by atoms with Crippen LogP contribution in [0.25, 0.3) is 0 Å². The van der Waals surface area contributed by atoms with Gasteiger partial charge in [0.15, 0.2) is 11.5 Å². The monoisotopic (exact) mass is 631 g/mol. The number of anilines is 2. The van der Waals surface area contributed by atoms with E-state index in [1.54, 1.807) is 55.6 Å². The molecule has 226 valence electrons. The van der Waals surface area contributed by atoms with E-state index >= 15 is 0 Å². The fourth-order valence-electron chi connectivity index (χ4n) is 5.63. The van der Waals surface area contributed by atoms with Gasteiger partial charge >= 0.3 is 4.87 Å². The van der Waals surface area contributed by atoms with Crippen LogP contribution >= 0.6 is 23.1 Å². The number of methoxy groups -OCH3 is 3. The van der Waals surface area contributed by atoms with Crippen LogP contribution in [0.1, 0.15) is 21.9 Å². The zero-order chi connectivity index (χ0) is 31.1. The Balaban J connectivity index is 1.41. The number of thiazole rings is 1. The first-order chi connectivity index (χ1) is 21.2. The molecule has 6 rings (SSSR count). The van der Waals surface area contributed by atoms with Gasteiger partial charge in [-0.2, -0.15) is 0 Å². The van der Waals surface area contributed by atoms with Gasteiger partial charge in [0.1, 0.15) is 17.5 Å². The summed E-state index contributed by atoms with van der Waals surface area (Å²) in [5, 5.41) is 2.50. The van der Waals surface area contributed by atoms with Gasteiger partial charge in [-0.25, -0.2) is 4.90 Å². The molecule has 10 nitrogen and oxygen atoms in total. The quantitative estimate of drug-likeness (QED) is 0.279. The van der Waals surface area contributed by atoms with Crippen LogP contribution in [0.3, 0.4) is 0 Å². The lowest BCUT2D eigenvalue weighted by atomic mass is 9.83. The summed E-state index contributed by atoms with van der Waals surface area (Å²) in [4.78, 5) is 56.1. The molecule has 4 aromatic rings. The molecule has 3 amide bonds. The van der Waals surface area contributed by atoms with E-state index in [0.29, 0.717) is 44.1 Å². The molecule has 3 aromatic carbocycles. The van der Waals surface area contributed by atoms with Crippen molar-refractivity contribution < 1.29 is 28.6 Å². The highest BCUT2D eigenvalue weighted by atomic mass is 32.2. The molecule has 2 aliphatic rings. The smallest absolute Gasteiger partial charge is 0.308 e. The van der Waals surface area contributed by atoms with Crippen LogP contribution < -0.4 is 29.3 Å². The van der Waals surface area contributed by atoms with Crippen molar-refractivity contribution in [2.45, 2.75) is 29.7 Å². The zero-order valence-electron chi connectivity index (χ0n) is 24.4. The van der Waals surface area contributed by atoms with Crippen molar-refractivity contribution in [3.8, 4) is 17.2 Å². The molecule has 12 heteroatoms. The highest BCUT2D eigenvalue weighted by Crippen LogP contribution is 2.54. The summed E-state index contributed by atoms with van der Waals surface area (Å²) >= 11 is 2.15. The van der Waals surface area contributed by atoms with E-state index in [-0.39, 0.29) is 23.2 Å². The van der Waals surface area contributed by atoms with Crippen molar-refractivity contribution in [2.75, 3.05) is 31.5 Å². The van der Waals surface area contributed by atoms with Crippen molar-refractivity contribution >= 4 is 52.2 Å². The first-order valence-electron chi connectivity index (χ1n) is 13.7. The lowest BCUT2D eigenvalue weighted by molar-refractivity contribution is -0.122. The van der Waals surface area contributed by atoms with E-state index in [1.165, 1.54) is 35.4 Å². The number of benzene rings is 3. The number of thioether (sulfide) groups is 1. The highest BCUT2D eigenvalue weighted by Gasteiger charge is 2.57. The van der Waals surface area contributed by atoms with Crippen molar-refractivity contribution in [3.63, 3.8) is 0 Å². The Morgan fingerprint density at radius 1 is 0.864 bits per heavy atom. The summed E-state index contributed by atoms with van der Waals surface area (Å²) in [6, 6.07) is 19.4. The molecule has 0 unspecified atom stereocenters. The van der Waals surface area contributed by atoms with Gasteiger partial charge in [-0.3, -0.25) is 23.7 Å². The van der Waals surface area contributed by atoms with Gasteiger partial charge in [0.25, 0.3) is 0 Å². The van der Waals surface area contributed by atoms with E-state index in [4.69, 9.17) is 14.2 Å². The Bertz CT molecular complexity index is 1810. The van der Waals surface area contributed by atoms with Crippen molar-refractivity contribution in [1.29, 1.82) is 0 Å². The third-order valence-corrected chi connectivity index (χ3v) is 10.4. The molecule has 1 N–H and O–H groups in total. The van der Waals surface area contributed by atoms with Gasteiger partial charge in [0.2, 0.25) is 17.7 Å². The lowest BCUT2D eigenvalue weighted by Gasteiger charge is -2.31. The van der Waals surface area contributed by atoms with Gasteiger partial charge in [-0.15, -0.1) is 0 Å². The van der Waals surface area contributed by atoms with Gasteiger partial charge in [-0.05, 0) is 61.0 Å². The molecule has 0 radical (unpaired) electrons. The number of fused-ring (bicyclic) bond motifs is 2. The third-order valence-electron chi connectivity index (χ3n) is 7.78. The average Bonchev–Trinajstić information content (AvgIpc) is 3.47. The minimum absolute atomic E-state index is 0.260. The SMILES string of the molecule is COc1ccc(NC(=O)Cn2c3c(sc2=O)[C@@H](c2ccc(OC)c(OC)c2)[C@@H]2C(=O)N(c4ccc(C)cc4)C(=O)[C@@H]2S3)cc1. The Labute approximate surface area is 261 Å². The number of aryl methyl sites for hydroxylation is 1. The molecule has 0 aliphatic carbocycles. The molecule has 3 atom stereocenters. The predicted molar refractivity (Wildman–Crippen MR) is 168 cm³/mol. The average molecular weight is 632 g/mol. The van der Waals surface area contributed by atoms with E-state index < -0.39 is 23.0 Å². The predicted octanol–water partition coefficient (Wildman–Crippen LogP) is 4.68. The summed E-state index contributed by atoms with van der Waals surface area (Å²) in [5.74, 6) is -0.907. The summed E-state index contributed by atoms with van der Waals surface area (Å²) in [6.45, 7) is 1.67. The van der Waals surface area contributed by atoms with Gasteiger partial charge in [0, 0.05) is 16.5 Å². The molecular weight excluding hydrogens is 603 g/mol. The van der Waals surface area contributed by atoms with Gasteiger partial charge in [0.05, 0.1) is 38.0 Å². The number of carbonyl (C=O) groups is 3. The Morgan fingerprint density at radius 2 is 1.57 bits per heavy atom. The largest absolute Gasteiger partial charge is 0.497 e. The maximum absolute atomic E-state index is 14.1. The molecule has 0 spiro atoms.